The highest BCUT2D eigenvalue weighted by atomic mass is 19.4. The molecule has 2 rings (SSSR count). The number of rotatable bonds is 4. The van der Waals surface area contributed by atoms with Crippen molar-refractivity contribution in [2.45, 2.75) is 33.1 Å². The van der Waals surface area contributed by atoms with Gasteiger partial charge in [0.25, 0.3) is 5.91 Å². The van der Waals surface area contributed by atoms with Crippen LogP contribution < -0.4 is 5.32 Å². The number of carbonyl (C=O) groups excluding carboxylic acids is 2. The average Bonchev–Trinajstić information content (AvgIpc) is 2.59. The van der Waals surface area contributed by atoms with Crippen molar-refractivity contribution in [3.8, 4) is 0 Å². The Morgan fingerprint density at radius 3 is 1.77 bits per heavy atom. The van der Waals surface area contributed by atoms with E-state index in [1.807, 2.05) is 0 Å². The number of carbonyl (C=O) groups is 2. The van der Waals surface area contributed by atoms with Crippen LogP contribution in [0.4, 0.5) is 36.4 Å². The first-order chi connectivity index (χ1) is 13.7. The van der Waals surface area contributed by atoms with E-state index in [-0.39, 0.29) is 5.56 Å². The van der Waals surface area contributed by atoms with Crippen molar-refractivity contribution in [2.75, 3.05) is 5.32 Å². The second-order valence-corrected chi connectivity index (χ2v) is 6.40. The van der Waals surface area contributed by atoms with Gasteiger partial charge in [-0.3, -0.25) is 9.59 Å². The van der Waals surface area contributed by atoms with Crippen LogP contribution in [0, 0.1) is 37.1 Å². The normalized spacial score (nSPS) is 12.5. The van der Waals surface area contributed by atoms with Crippen molar-refractivity contribution in [3.05, 3.63) is 63.7 Å². The molecule has 0 radical (unpaired) electrons. The van der Waals surface area contributed by atoms with Gasteiger partial charge in [-0.25, -0.2) is 17.6 Å². The Morgan fingerprint density at radius 2 is 1.37 bits per heavy atom. The first-order valence-corrected chi connectivity index (χ1v) is 8.23. The average molecular weight is 437 g/mol. The van der Waals surface area contributed by atoms with E-state index in [0.29, 0.717) is 11.1 Å². The van der Waals surface area contributed by atoms with Crippen LogP contribution in [-0.4, -0.2) is 11.9 Å². The molecule has 4 nitrogen and oxygen atoms in total. The molecule has 162 valence electrons. The highest BCUT2D eigenvalue weighted by molar-refractivity contribution is 5.96. The molecule has 0 aliphatic heterocycles. The fraction of sp³-hybridized carbons (Fsp3) is 0.263. The molecule has 0 aliphatic carbocycles. The fourth-order valence-electron chi connectivity index (χ4n) is 2.78. The summed E-state index contributed by atoms with van der Waals surface area (Å²) in [6.07, 6.45) is -7.52. The van der Waals surface area contributed by atoms with Gasteiger partial charge >= 0.3 is 12.1 Å². The molecule has 0 saturated heterocycles. The van der Waals surface area contributed by atoms with Crippen LogP contribution in [-0.2, 0) is 20.5 Å². The SMILES string of the molecule is CC(=O)OC(C(=O)Nc1c(F)c(F)c(C(F)(F)F)c(F)c1F)c1cc(C)cc(C)c1. The summed E-state index contributed by atoms with van der Waals surface area (Å²) >= 11 is 0. The fourth-order valence-corrected chi connectivity index (χ4v) is 2.78. The van der Waals surface area contributed by atoms with Gasteiger partial charge in [0.1, 0.15) is 11.3 Å². The Balaban J connectivity index is 2.54. The van der Waals surface area contributed by atoms with Gasteiger partial charge in [0.05, 0.1) is 0 Å². The molecule has 0 spiro atoms. The molecule has 1 atom stereocenters. The van der Waals surface area contributed by atoms with Crippen LogP contribution in [0.5, 0.6) is 0 Å². The van der Waals surface area contributed by atoms with E-state index < -0.39 is 58.7 Å². The molecular weight excluding hydrogens is 423 g/mol. The number of amides is 1. The summed E-state index contributed by atoms with van der Waals surface area (Å²) in [5.74, 6) is -12.8. The van der Waals surface area contributed by atoms with Crippen molar-refractivity contribution in [1.82, 2.24) is 0 Å². The van der Waals surface area contributed by atoms with Crippen molar-refractivity contribution < 1.29 is 45.1 Å². The summed E-state index contributed by atoms with van der Waals surface area (Å²) in [4.78, 5) is 23.8. The molecule has 2 aromatic rings. The second-order valence-electron chi connectivity index (χ2n) is 6.40. The highest BCUT2D eigenvalue weighted by Gasteiger charge is 2.43. The topological polar surface area (TPSA) is 55.4 Å². The van der Waals surface area contributed by atoms with E-state index in [1.54, 1.807) is 19.9 Å². The number of esters is 1. The number of ether oxygens (including phenoxy) is 1. The molecule has 0 saturated carbocycles. The number of hydrogen-bond acceptors (Lipinski definition) is 3. The van der Waals surface area contributed by atoms with Gasteiger partial charge in [0.15, 0.2) is 23.3 Å². The molecule has 30 heavy (non-hydrogen) atoms. The van der Waals surface area contributed by atoms with Gasteiger partial charge in [-0.2, -0.15) is 13.2 Å². The largest absolute Gasteiger partial charge is 0.447 e. The first-order valence-electron chi connectivity index (χ1n) is 8.23. The molecule has 1 unspecified atom stereocenters. The van der Waals surface area contributed by atoms with E-state index in [2.05, 4.69) is 0 Å². The van der Waals surface area contributed by atoms with Crippen molar-refractivity contribution in [3.63, 3.8) is 0 Å². The van der Waals surface area contributed by atoms with Crippen molar-refractivity contribution in [2.24, 2.45) is 0 Å². The maximum Gasteiger partial charge on any atom is 0.422 e. The molecule has 0 bridgehead atoms. The predicted molar refractivity (Wildman–Crippen MR) is 90.3 cm³/mol. The monoisotopic (exact) mass is 437 g/mol. The van der Waals surface area contributed by atoms with Crippen molar-refractivity contribution >= 4 is 17.6 Å². The maximum atomic E-state index is 14.0. The Hall–Kier alpha value is -3.11. The lowest BCUT2D eigenvalue weighted by atomic mass is 10.0. The Morgan fingerprint density at radius 1 is 0.900 bits per heavy atom. The van der Waals surface area contributed by atoms with E-state index >= 15 is 0 Å². The minimum atomic E-state index is -5.72. The number of hydrogen-bond donors (Lipinski definition) is 1. The summed E-state index contributed by atoms with van der Waals surface area (Å²) in [5, 5.41) is 1.47. The van der Waals surface area contributed by atoms with E-state index in [4.69, 9.17) is 4.74 Å². The Kier molecular flexibility index (Phi) is 6.43. The van der Waals surface area contributed by atoms with E-state index in [1.165, 1.54) is 17.4 Å². The Labute approximate surface area is 165 Å². The van der Waals surface area contributed by atoms with Gasteiger partial charge in [-0.05, 0) is 13.8 Å². The molecule has 1 N–H and O–H groups in total. The number of anilines is 1. The number of benzene rings is 2. The summed E-state index contributed by atoms with van der Waals surface area (Å²) in [5.41, 5.74) is -3.25. The Bertz CT molecular complexity index is 969. The first kappa shape index (κ1) is 23.2. The quantitative estimate of drug-likeness (QED) is 0.410. The molecule has 11 heteroatoms. The number of nitrogens with one attached hydrogen (secondary N) is 1. The lowest BCUT2D eigenvalue weighted by Gasteiger charge is -2.20. The summed E-state index contributed by atoms with van der Waals surface area (Å²) < 4.78 is 98.5. The van der Waals surface area contributed by atoms with Crippen molar-refractivity contribution in [1.29, 1.82) is 0 Å². The number of aryl methyl sites for hydroxylation is 2. The van der Waals surface area contributed by atoms with E-state index in [0.717, 1.165) is 6.92 Å². The van der Waals surface area contributed by atoms with Crippen LogP contribution in [0.3, 0.4) is 0 Å². The minimum Gasteiger partial charge on any atom is -0.447 e. The summed E-state index contributed by atoms with van der Waals surface area (Å²) in [7, 11) is 0. The van der Waals surface area contributed by atoms with Gasteiger partial charge in [0.2, 0.25) is 6.10 Å². The smallest absolute Gasteiger partial charge is 0.422 e. The third-order valence-electron chi connectivity index (χ3n) is 3.86. The summed E-state index contributed by atoms with van der Waals surface area (Å²) in [6.45, 7) is 4.21. The number of alkyl halides is 3. The standard InChI is InChI=1S/C19H14F7NO3/c1-7-4-8(2)6-10(5-7)17(30-9(3)28)18(29)27-16-14(22)12(20)11(19(24,25)26)13(21)15(16)23/h4-6,17H,1-3H3,(H,27,29). The lowest BCUT2D eigenvalue weighted by Crippen LogP contribution is -2.27. The van der Waals surface area contributed by atoms with Crippen LogP contribution in [0.1, 0.15) is 35.3 Å². The predicted octanol–water partition coefficient (Wildman–Crippen LogP) is 5.12. The van der Waals surface area contributed by atoms with Gasteiger partial charge in [0, 0.05) is 12.5 Å². The third-order valence-corrected chi connectivity index (χ3v) is 3.86. The molecule has 0 heterocycles. The molecule has 0 aliphatic rings. The maximum absolute atomic E-state index is 14.0. The molecular formula is C19H14F7NO3. The lowest BCUT2D eigenvalue weighted by molar-refractivity contribution is -0.152. The molecule has 2 aromatic carbocycles. The minimum absolute atomic E-state index is 0.0638. The van der Waals surface area contributed by atoms with Crippen LogP contribution in [0.15, 0.2) is 18.2 Å². The van der Waals surface area contributed by atoms with Gasteiger partial charge in [-0.15, -0.1) is 0 Å². The van der Waals surface area contributed by atoms with Gasteiger partial charge in [-0.1, -0.05) is 29.3 Å². The third kappa shape index (κ3) is 4.71. The number of halogens is 7. The molecule has 1 amide bonds. The molecule has 0 fully saturated rings. The summed E-state index contributed by atoms with van der Waals surface area (Å²) in [6, 6.07) is 4.51. The van der Waals surface area contributed by atoms with Crippen LogP contribution in [0.2, 0.25) is 0 Å². The second kappa shape index (κ2) is 8.33. The zero-order chi connectivity index (χ0) is 23.0. The molecule has 0 aromatic heterocycles. The van der Waals surface area contributed by atoms with Gasteiger partial charge < -0.3 is 10.1 Å². The highest BCUT2D eigenvalue weighted by Crippen LogP contribution is 2.38. The van der Waals surface area contributed by atoms with Crippen LogP contribution >= 0.6 is 0 Å². The van der Waals surface area contributed by atoms with E-state index in [9.17, 15) is 40.3 Å². The zero-order valence-corrected chi connectivity index (χ0v) is 15.7. The zero-order valence-electron chi connectivity index (χ0n) is 15.7. The van der Waals surface area contributed by atoms with Crippen LogP contribution in [0.25, 0.3) is 0 Å².